The van der Waals surface area contributed by atoms with Crippen LogP contribution in [0.1, 0.15) is 19.5 Å². The lowest BCUT2D eigenvalue weighted by molar-refractivity contribution is 0.00830. The first-order chi connectivity index (χ1) is 16.9. The Hall–Kier alpha value is -3.85. The molecule has 2 aromatic heterocycles. The molecule has 0 aliphatic carbocycles. The number of hydrogen-bond acceptors (Lipinski definition) is 6. The molecule has 1 saturated heterocycles. The molecular formula is C26H26FN3O5. The van der Waals surface area contributed by atoms with Crippen LogP contribution in [0.4, 0.5) is 9.18 Å². The third-order valence-electron chi connectivity index (χ3n) is 5.92. The first-order valence-corrected chi connectivity index (χ1v) is 11.5. The van der Waals surface area contributed by atoms with Crippen LogP contribution in [0.15, 0.2) is 42.6 Å². The van der Waals surface area contributed by atoms with Crippen molar-refractivity contribution < 1.29 is 28.1 Å². The number of aromatic nitrogens is 2. The molecule has 182 valence electrons. The fourth-order valence-corrected chi connectivity index (χ4v) is 4.20. The van der Waals surface area contributed by atoms with Gasteiger partial charge in [0.1, 0.15) is 5.75 Å². The van der Waals surface area contributed by atoms with Crippen LogP contribution in [0.25, 0.3) is 21.8 Å². The maximum Gasteiger partial charge on any atom is 0.415 e. The number of nitrogens with zero attached hydrogens (tertiary/aromatic N) is 2. The van der Waals surface area contributed by atoms with E-state index in [9.17, 15) is 4.79 Å². The zero-order valence-electron chi connectivity index (χ0n) is 19.8. The predicted molar refractivity (Wildman–Crippen MR) is 129 cm³/mol. The van der Waals surface area contributed by atoms with Gasteiger partial charge in [0, 0.05) is 40.8 Å². The van der Waals surface area contributed by atoms with E-state index >= 15 is 4.39 Å². The fourth-order valence-electron chi connectivity index (χ4n) is 4.20. The first kappa shape index (κ1) is 22.9. The largest absolute Gasteiger partial charge is 0.490 e. The van der Waals surface area contributed by atoms with Crippen molar-refractivity contribution in [1.82, 2.24) is 14.9 Å². The van der Waals surface area contributed by atoms with Crippen molar-refractivity contribution in [3.05, 3.63) is 54.1 Å². The van der Waals surface area contributed by atoms with Gasteiger partial charge >= 0.3 is 6.09 Å². The molecule has 1 aliphatic heterocycles. The molecule has 1 aliphatic rings. The Labute approximate surface area is 201 Å². The number of amides is 1. The minimum Gasteiger partial charge on any atom is -0.490 e. The monoisotopic (exact) mass is 479 g/mol. The highest BCUT2D eigenvalue weighted by Crippen LogP contribution is 2.39. The highest BCUT2D eigenvalue weighted by atomic mass is 19.1. The van der Waals surface area contributed by atoms with E-state index in [1.165, 1.54) is 0 Å². The van der Waals surface area contributed by atoms with Crippen LogP contribution < -0.4 is 14.2 Å². The van der Waals surface area contributed by atoms with Crippen LogP contribution in [0.5, 0.6) is 23.0 Å². The number of halogens is 1. The first-order valence-electron chi connectivity index (χ1n) is 11.5. The van der Waals surface area contributed by atoms with Gasteiger partial charge in [0.15, 0.2) is 23.1 Å². The summed E-state index contributed by atoms with van der Waals surface area (Å²) >= 11 is 0. The maximum atomic E-state index is 15.2. The normalized spacial score (nSPS) is 16.0. The Kier molecular flexibility index (Phi) is 6.17. The number of aromatic amines is 1. The summed E-state index contributed by atoms with van der Waals surface area (Å²) in [5, 5.41) is 1.00. The number of ether oxygens (including phenoxy) is 4. The lowest BCUT2D eigenvalue weighted by Gasteiger charge is -2.32. The number of morpholine rings is 1. The van der Waals surface area contributed by atoms with Gasteiger partial charge in [-0.3, -0.25) is 4.98 Å². The second-order valence-electron chi connectivity index (χ2n) is 8.44. The zero-order valence-corrected chi connectivity index (χ0v) is 19.8. The van der Waals surface area contributed by atoms with E-state index in [4.69, 9.17) is 18.9 Å². The third kappa shape index (κ3) is 4.46. The van der Waals surface area contributed by atoms with E-state index in [0.29, 0.717) is 59.7 Å². The fraction of sp³-hybridized carbons (Fsp3) is 0.308. The maximum absolute atomic E-state index is 15.2. The third-order valence-corrected chi connectivity index (χ3v) is 5.92. The lowest BCUT2D eigenvalue weighted by atomic mass is 10.1. The van der Waals surface area contributed by atoms with E-state index in [2.05, 4.69) is 9.97 Å². The molecule has 1 amide bonds. The molecule has 0 bridgehead atoms. The summed E-state index contributed by atoms with van der Waals surface area (Å²) < 4.78 is 38.0. The summed E-state index contributed by atoms with van der Waals surface area (Å²) in [7, 11) is 0. The summed E-state index contributed by atoms with van der Waals surface area (Å²) in [6.07, 6.45) is 1.08. The Balaban J connectivity index is 1.52. The second-order valence-corrected chi connectivity index (χ2v) is 8.44. The van der Waals surface area contributed by atoms with Crippen LogP contribution in [0, 0.1) is 12.7 Å². The number of fused-ring (bicyclic) bond motifs is 2. The number of carbonyl (C=O) groups excluding carboxylic acids is 1. The Morgan fingerprint density at radius 1 is 1.17 bits per heavy atom. The van der Waals surface area contributed by atoms with Crippen molar-refractivity contribution in [2.45, 2.75) is 26.8 Å². The van der Waals surface area contributed by atoms with Gasteiger partial charge in [0.25, 0.3) is 0 Å². The molecule has 4 aromatic rings. The highest BCUT2D eigenvalue weighted by Gasteiger charge is 2.27. The SMILES string of the molecule is CCOc1cc2nccc(Oc3ccc4[nH]c(C)cc4c3F)c2cc1OC(=O)N1CCOC[C@H]1C. The Morgan fingerprint density at radius 2 is 2.03 bits per heavy atom. The van der Waals surface area contributed by atoms with Crippen molar-refractivity contribution in [2.24, 2.45) is 0 Å². The molecule has 2 aromatic carbocycles. The number of nitrogens with one attached hydrogen (secondary N) is 1. The molecular weight excluding hydrogens is 453 g/mol. The molecule has 35 heavy (non-hydrogen) atoms. The molecule has 1 fully saturated rings. The molecule has 8 nitrogen and oxygen atoms in total. The van der Waals surface area contributed by atoms with Gasteiger partial charge in [-0.25, -0.2) is 9.18 Å². The lowest BCUT2D eigenvalue weighted by Crippen LogP contribution is -2.48. The van der Waals surface area contributed by atoms with Crippen molar-refractivity contribution >= 4 is 27.9 Å². The number of carbonyl (C=O) groups is 1. The number of hydrogen-bond donors (Lipinski definition) is 1. The topological polar surface area (TPSA) is 85.9 Å². The van der Waals surface area contributed by atoms with Gasteiger partial charge in [0.2, 0.25) is 0 Å². The average Bonchev–Trinajstić information content (AvgIpc) is 3.23. The zero-order chi connectivity index (χ0) is 24.5. The summed E-state index contributed by atoms with van der Waals surface area (Å²) in [5.74, 6) is 0.613. The number of rotatable bonds is 5. The molecule has 5 rings (SSSR count). The van der Waals surface area contributed by atoms with Gasteiger partial charge in [-0.2, -0.15) is 0 Å². The summed E-state index contributed by atoms with van der Waals surface area (Å²) in [5.41, 5.74) is 2.11. The molecule has 3 heterocycles. The van der Waals surface area contributed by atoms with E-state index in [-0.39, 0.29) is 17.5 Å². The standard InChI is InChI=1S/C26H26FN3O5/c1-4-33-23-13-20-17(12-24(23)35-26(31)30-9-10-32-14-16(30)3)21(7-8-28-20)34-22-6-5-19-18(25(22)27)11-15(2)29-19/h5-8,11-13,16,29H,4,9-10,14H2,1-3H3/t16-/m1/s1. The highest BCUT2D eigenvalue weighted by molar-refractivity contribution is 5.89. The Bertz CT molecular complexity index is 1400. The van der Waals surface area contributed by atoms with Crippen molar-refractivity contribution in [2.75, 3.05) is 26.4 Å². The molecule has 0 saturated carbocycles. The molecule has 0 spiro atoms. The van der Waals surface area contributed by atoms with Gasteiger partial charge < -0.3 is 28.8 Å². The molecule has 0 radical (unpaired) electrons. The van der Waals surface area contributed by atoms with E-state index in [1.54, 1.807) is 47.5 Å². The van der Waals surface area contributed by atoms with Crippen molar-refractivity contribution in [3.8, 4) is 23.0 Å². The average molecular weight is 480 g/mol. The number of H-pyrrole nitrogens is 1. The molecule has 0 unspecified atom stereocenters. The molecule has 9 heteroatoms. The van der Waals surface area contributed by atoms with E-state index < -0.39 is 11.9 Å². The molecule has 1 atom stereocenters. The smallest absolute Gasteiger partial charge is 0.415 e. The van der Waals surface area contributed by atoms with E-state index in [0.717, 1.165) is 5.69 Å². The van der Waals surface area contributed by atoms with Gasteiger partial charge in [-0.15, -0.1) is 0 Å². The quantitative estimate of drug-likeness (QED) is 0.403. The van der Waals surface area contributed by atoms with Gasteiger partial charge in [0.05, 0.1) is 31.4 Å². The van der Waals surface area contributed by atoms with Crippen molar-refractivity contribution in [3.63, 3.8) is 0 Å². The van der Waals surface area contributed by atoms with Crippen molar-refractivity contribution in [1.29, 1.82) is 0 Å². The Morgan fingerprint density at radius 3 is 2.83 bits per heavy atom. The minimum absolute atomic E-state index is 0.0820. The predicted octanol–water partition coefficient (Wildman–Crippen LogP) is 5.57. The summed E-state index contributed by atoms with van der Waals surface area (Å²) in [4.78, 5) is 22.0. The van der Waals surface area contributed by atoms with Gasteiger partial charge in [-0.1, -0.05) is 0 Å². The van der Waals surface area contributed by atoms with Crippen LogP contribution in [0.3, 0.4) is 0 Å². The van der Waals surface area contributed by atoms with Crippen LogP contribution in [-0.2, 0) is 4.74 Å². The number of pyridine rings is 1. The van der Waals surface area contributed by atoms with Crippen LogP contribution in [0.2, 0.25) is 0 Å². The molecule has 1 N–H and O–H groups in total. The van der Waals surface area contributed by atoms with Gasteiger partial charge in [-0.05, 0) is 51.1 Å². The second kappa shape index (κ2) is 9.42. The number of aryl methyl sites for hydroxylation is 1. The summed E-state index contributed by atoms with van der Waals surface area (Å²) in [6, 6.07) is 9.95. The van der Waals surface area contributed by atoms with E-state index in [1.807, 2.05) is 20.8 Å². The van der Waals surface area contributed by atoms with Crippen LogP contribution in [-0.4, -0.2) is 53.4 Å². The minimum atomic E-state index is -0.494. The number of benzene rings is 2. The van der Waals surface area contributed by atoms with Crippen LogP contribution >= 0.6 is 0 Å². The summed E-state index contributed by atoms with van der Waals surface area (Å²) in [6.45, 7) is 7.33.